The zero-order valence-electron chi connectivity index (χ0n) is 18.1. The van der Waals surface area contributed by atoms with Crippen molar-refractivity contribution in [3.05, 3.63) is 24.2 Å². The lowest BCUT2D eigenvalue weighted by Crippen LogP contribution is -2.42. The number of fused-ring (bicyclic) bond motifs is 1. The fourth-order valence-electron chi connectivity index (χ4n) is 5.14. The molecule has 3 heterocycles. The van der Waals surface area contributed by atoms with Crippen LogP contribution in [0.25, 0.3) is 11.2 Å². The largest absolute Gasteiger partial charge is 0.383 e. The van der Waals surface area contributed by atoms with Gasteiger partial charge in [0, 0.05) is 52.1 Å². The Morgan fingerprint density at radius 1 is 1.30 bits per heavy atom. The first-order valence-electron chi connectivity index (χ1n) is 11.1. The Balaban J connectivity index is 1.34. The summed E-state index contributed by atoms with van der Waals surface area (Å²) >= 11 is 0. The van der Waals surface area contributed by atoms with Crippen LogP contribution in [0.4, 0.5) is 0 Å². The summed E-state index contributed by atoms with van der Waals surface area (Å²) in [4.78, 5) is 35.7. The molecule has 7 nitrogen and oxygen atoms in total. The van der Waals surface area contributed by atoms with E-state index in [0.29, 0.717) is 18.8 Å². The number of carbonyl (C=O) groups excluding carboxylic acids is 2. The number of pyridine rings is 1. The summed E-state index contributed by atoms with van der Waals surface area (Å²) in [6.45, 7) is 4.27. The average Bonchev–Trinajstić information content (AvgIpc) is 3.28. The zero-order valence-corrected chi connectivity index (χ0v) is 18.1. The van der Waals surface area contributed by atoms with Gasteiger partial charge in [0.25, 0.3) is 0 Å². The summed E-state index contributed by atoms with van der Waals surface area (Å²) in [7, 11) is 1.70. The molecule has 0 N–H and O–H groups in total. The normalized spacial score (nSPS) is 19.7. The number of methoxy groups -OCH3 is 1. The van der Waals surface area contributed by atoms with E-state index in [4.69, 9.17) is 9.72 Å². The molecule has 1 unspecified atom stereocenters. The number of imidazole rings is 1. The van der Waals surface area contributed by atoms with E-state index in [-0.39, 0.29) is 17.4 Å². The van der Waals surface area contributed by atoms with E-state index in [1.807, 2.05) is 17.0 Å². The molecule has 0 aromatic carbocycles. The van der Waals surface area contributed by atoms with Crippen molar-refractivity contribution in [2.24, 2.45) is 5.41 Å². The van der Waals surface area contributed by atoms with Crippen molar-refractivity contribution >= 4 is 22.9 Å². The molecule has 0 radical (unpaired) electrons. The van der Waals surface area contributed by atoms with E-state index in [1.54, 1.807) is 13.3 Å². The van der Waals surface area contributed by atoms with Gasteiger partial charge in [0.05, 0.1) is 12.6 Å². The molecule has 2 aromatic heterocycles. The van der Waals surface area contributed by atoms with Crippen molar-refractivity contribution in [2.75, 3.05) is 26.8 Å². The molecule has 0 bridgehead atoms. The number of nitrogens with zero attached hydrogens (tertiary/aromatic N) is 4. The van der Waals surface area contributed by atoms with E-state index in [0.717, 1.165) is 75.0 Å². The van der Waals surface area contributed by atoms with Crippen molar-refractivity contribution in [3.8, 4) is 0 Å². The van der Waals surface area contributed by atoms with Gasteiger partial charge in [-0.3, -0.25) is 9.59 Å². The molecule has 7 heteroatoms. The number of ether oxygens (including phenoxy) is 1. The van der Waals surface area contributed by atoms with Gasteiger partial charge in [0.15, 0.2) is 5.65 Å². The van der Waals surface area contributed by atoms with E-state index in [1.165, 1.54) is 0 Å². The van der Waals surface area contributed by atoms with Crippen molar-refractivity contribution in [2.45, 2.75) is 64.3 Å². The molecule has 1 spiro atoms. The first kappa shape index (κ1) is 21.0. The first-order valence-corrected chi connectivity index (χ1v) is 11.1. The molecule has 2 fully saturated rings. The van der Waals surface area contributed by atoms with Crippen LogP contribution in [0.15, 0.2) is 18.3 Å². The lowest BCUT2D eigenvalue weighted by Gasteiger charge is -2.39. The van der Waals surface area contributed by atoms with Crippen LogP contribution in [0.1, 0.15) is 63.7 Å². The monoisotopic (exact) mass is 412 g/mol. The highest BCUT2D eigenvalue weighted by atomic mass is 16.5. The number of hydrogen-bond donors (Lipinski definition) is 0. The van der Waals surface area contributed by atoms with E-state index >= 15 is 0 Å². The van der Waals surface area contributed by atoms with E-state index in [2.05, 4.69) is 16.5 Å². The molecule has 1 aliphatic heterocycles. The molecular weight excluding hydrogens is 380 g/mol. The molecule has 1 saturated carbocycles. The second-order valence-electron chi connectivity index (χ2n) is 9.00. The van der Waals surface area contributed by atoms with Gasteiger partial charge in [0.2, 0.25) is 5.91 Å². The maximum absolute atomic E-state index is 12.7. The van der Waals surface area contributed by atoms with Gasteiger partial charge < -0.3 is 14.2 Å². The fourth-order valence-corrected chi connectivity index (χ4v) is 5.14. The topological polar surface area (TPSA) is 77.3 Å². The van der Waals surface area contributed by atoms with Crippen LogP contribution in [-0.2, 0) is 20.7 Å². The minimum atomic E-state index is 0.132. The molecule has 4 rings (SSSR count). The number of likely N-dealkylation sites (tertiary alicyclic amines) is 1. The SMILES string of the molecule is COCC(C)n1c(CCCC(=O)N2CCC3(CCC(=O)C3)CC2)nc2cccnc21. The summed E-state index contributed by atoms with van der Waals surface area (Å²) in [5.41, 5.74) is 1.94. The molecule has 1 aliphatic carbocycles. The lowest BCUT2D eigenvalue weighted by atomic mass is 9.77. The van der Waals surface area contributed by atoms with Crippen molar-refractivity contribution < 1.29 is 14.3 Å². The smallest absolute Gasteiger partial charge is 0.222 e. The van der Waals surface area contributed by atoms with Crippen LogP contribution < -0.4 is 0 Å². The number of ketones is 1. The lowest BCUT2D eigenvalue weighted by molar-refractivity contribution is -0.133. The maximum Gasteiger partial charge on any atom is 0.222 e. The Hall–Kier alpha value is -2.28. The molecule has 2 aliphatic rings. The Morgan fingerprint density at radius 3 is 2.80 bits per heavy atom. The zero-order chi connectivity index (χ0) is 21.1. The van der Waals surface area contributed by atoms with E-state index in [9.17, 15) is 9.59 Å². The highest BCUT2D eigenvalue weighted by Crippen LogP contribution is 2.44. The average molecular weight is 413 g/mol. The number of aromatic nitrogens is 3. The molecule has 1 atom stereocenters. The third kappa shape index (κ3) is 4.26. The maximum atomic E-state index is 12.7. The molecule has 1 amide bonds. The second-order valence-corrected chi connectivity index (χ2v) is 9.00. The minimum absolute atomic E-state index is 0.132. The van der Waals surface area contributed by atoms with Crippen molar-refractivity contribution in [1.29, 1.82) is 0 Å². The predicted octanol–water partition coefficient (Wildman–Crippen LogP) is 3.32. The molecule has 162 valence electrons. The number of hydrogen-bond acceptors (Lipinski definition) is 5. The summed E-state index contributed by atoms with van der Waals surface area (Å²) in [5, 5.41) is 0. The van der Waals surface area contributed by atoms with E-state index < -0.39 is 0 Å². The van der Waals surface area contributed by atoms with Crippen molar-refractivity contribution in [3.63, 3.8) is 0 Å². The predicted molar refractivity (Wildman–Crippen MR) is 114 cm³/mol. The standard InChI is InChI=1S/C23H32N4O3/c1-17(16-30-2)27-20(25-19-5-4-12-24-22(19)27)6-3-7-21(29)26-13-10-23(11-14-26)9-8-18(28)15-23/h4-5,12,17H,3,6-11,13-16H2,1-2H3. The Morgan fingerprint density at radius 2 is 2.10 bits per heavy atom. The molecule has 1 saturated heterocycles. The molecular formula is C23H32N4O3. The Labute approximate surface area is 177 Å². The van der Waals surface area contributed by atoms with Crippen LogP contribution in [0.3, 0.4) is 0 Å². The number of piperidine rings is 1. The number of carbonyl (C=O) groups is 2. The molecule has 30 heavy (non-hydrogen) atoms. The van der Waals surface area contributed by atoms with Crippen molar-refractivity contribution in [1.82, 2.24) is 19.4 Å². The number of Topliss-reactive ketones (excluding diaryl/α,β-unsaturated/α-hetero) is 1. The van der Waals surface area contributed by atoms with Crippen LogP contribution in [0.5, 0.6) is 0 Å². The third-order valence-corrected chi connectivity index (χ3v) is 6.84. The fraction of sp³-hybridized carbons (Fsp3) is 0.652. The Kier molecular flexibility index (Phi) is 6.18. The van der Waals surface area contributed by atoms with Gasteiger partial charge in [-0.25, -0.2) is 9.97 Å². The summed E-state index contributed by atoms with van der Waals surface area (Å²) < 4.78 is 7.49. The van der Waals surface area contributed by atoms with Crippen LogP contribution in [-0.4, -0.2) is 57.9 Å². The van der Waals surface area contributed by atoms with Gasteiger partial charge in [0.1, 0.15) is 17.1 Å². The highest BCUT2D eigenvalue weighted by Gasteiger charge is 2.41. The number of amides is 1. The third-order valence-electron chi connectivity index (χ3n) is 6.84. The summed E-state index contributed by atoms with van der Waals surface area (Å²) in [6.07, 6.45) is 8.23. The van der Waals surface area contributed by atoms with Gasteiger partial charge in [-0.2, -0.15) is 0 Å². The van der Waals surface area contributed by atoms with Gasteiger partial charge in [-0.1, -0.05) is 0 Å². The minimum Gasteiger partial charge on any atom is -0.383 e. The van der Waals surface area contributed by atoms with Gasteiger partial charge in [-0.05, 0) is 50.2 Å². The van der Waals surface area contributed by atoms with Gasteiger partial charge in [-0.15, -0.1) is 0 Å². The van der Waals surface area contributed by atoms with Crippen LogP contribution in [0.2, 0.25) is 0 Å². The highest BCUT2D eigenvalue weighted by molar-refractivity contribution is 5.81. The van der Waals surface area contributed by atoms with Crippen LogP contribution in [0, 0.1) is 5.41 Å². The second kappa shape index (κ2) is 8.84. The molecule has 2 aromatic rings. The van der Waals surface area contributed by atoms with Crippen LogP contribution >= 0.6 is 0 Å². The van der Waals surface area contributed by atoms with Gasteiger partial charge >= 0.3 is 0 Å². The quantitative estimate of drug-likeness (QED) is 0.697. The Bertz CT molecular complexity index is 914. The summed E-state index contributed by atoms with van der Waals surface area (Å²) in [6, 6.07) is 4.01. The number of aryl methyl sites for hydroxylation is 1. The number of rotatable bonds is 7. The first-order chi connectivity index (χ1) is 14.5. The summed E-state index contributed by atoms with van der Waals surface area (Å²) in [5.74, 6) is 1.58.